The van der Waals surface area contributed by atoms with Gasteiger partial charge in [0.25, 0.3) is 0 Å². The molecule has 0 bridgehead atoms. The number of amides is 2. The van der Waals surface area contributed by atoms with E-state index in [1.165, 1.54) is 12.1 Å². The number of nitrogens with one attached hydrogen (secondary N) is 1. The summed E-state index contributed by atoms with van der Waals surface area (Å²) < 4.78 is 5.51. The molecule has 0 spiro atoms. The molecule has 2 aromatic carbocycles. The van der Waals surface area contributed by atoms with E-state index in [-0.39, 0.29) is 17.6 Å². The first kappa shape index (κ1) is 16.5. The number of cyclic esters (lactones) is 1. The molecule has 1 aliphatic heterocycles. The van der Waals surface area contributed by atoms with Gasteiger partial charge in [-0.3, -0.25) is 0 Å². The molecule has 0 saturated carbocycles. The van der Waals surface area contributed by atoms with Crippen molar-refractivity contribution in [3.05, 3.63) is 65.2 Å². The number of benzene rings is 2. The van der Waals surface area contributed by atoms with Gasteiger partial charge < -0.3 is 15.6 Å². The molecule has 7 heteroatoms. The van der Waals surface area contributed by atoms with Crippen molar-refractivity contribution in [2.45, 2.75) is 13.0 Å². The highest BCUT2D eigenvalue weighted by atomic mass is 16.5. The molecule has 1 aliphatic rings. The molecular formula is C18H17N3O4. The standard InChI is InChI=1S/C18H17N3O4/c1-10(16-13-4-2-3-5-14(13)17(23)25-16)15(20-21-18(19)24)11-6-8-12(22)9-7-11/h2-10,16,22H,1H3,(H3,19,21,24)/b20-15-/t10-,16-/m0/s1. The lowest BCUT2D eigenvalue weighted by Crippen LogP contribution is -2.29. The van der Waals surface area contributed by atoms with Gasteiger partial charge in [0.2, 0.25) is 0 Å². The zero-order valence-corrected chi connectivity index (χ0v) is 13.5. The van der Waals surface area contributed by atoms with E-state index in [9.17, 15) is 14.7 Å². The van der Waals surface area contributed by atoms with Crippen LogP contribution in [-0.2, 0) is 4.74 Å². The number of esters is 1. The molecule has 0 unspecified atom stereocenters. The monoisotopic (exact) mass is 339 g/mol. The lowest BCUT2D eigenvalue weighted by atomic mass is 9.89. The number of urea groups is 1. The fourth-order valence-electron chi connectivity index (χ4n) is 2.86. The van der Waals surface area contributed by atoms with Crippen molar-refractivity contribution < 1.29 is 19.4 Å². The Hall–Kier alpha value is -3.35. The minimum Gasteiger partial charge on any atom is -0.508 e. The van der Waals surface area contributed by atoms with E-state index in [2.05, 4.69) is 10.5 Å². The number of phenolic OH excluding ortho intramolecular Hbond substituents is 1. The van der Waals surface area contributed by atoms with Crippen LogP contribution < -0.4 is 11.2 Å². The highest BCUT2D eigenvalue weighted by Gasteiger charge is 2.37. The van der Waals surface area contributed by atoms with Crippen molar-refractivity contribution in [3.63, 3.8) is 0 Å². The number of nitrogens with zero attached hydrogens (tertiary/aromatic N) is 1. The third kappa shape index (κ3) is 3.30. The summed E-state index contributed by atoms with van der Waals surface area (Å²) in [6.07, 6.45) is -0.536. The molecule has 0 aliphatic carbocycles. The fourth-order valence-corrected chi connectivity index (χ4v) is 2.86. The van der Waals surface area contributed by atoms with Gasteiger partial charge in [-0.25, -0.2) is 15.0 Å². The number of hydrogen-bond acceptors (Lipinski definition) is 5. The molecule has 4 N–H and O–H groups in total. The molecule has 3 rings (SSSR count). The number of primary amides is 1. The van der Waals surface area contributed by atoms with Gasteiger partial charge in [-0.15, -0.1) is 0 Å². The molecule has 7 nitrogen and oxygen atoms in total. The van der Waals surface area contributed by atoms with E-state index in [0.29, 0.717) is 16.8 Å². The molecule has 2 aromatic rings. The average molecular weight is 339 g/mol. The van der Waals surface area contributed by atoms with Gasteiger partial charge in [0.1, 0.15) is 11.9 Å². The second-order valence-corrected chi connectivity index (χ2v) is 5.72. The van der Waals surface area contributed by atoms with Crippen molar-refractivity contribution in [2.24, 2.45) is 16.8 Å². The number of ether oxygens (including phenoxy) is 1. The van der Waals surface area contributed by atoms with Crippen LogP contribution in [0.5, 0.6) is 5.75 Å². The van der Waals surface area contributed by atoms with E-state index in [1.54, 1.807) is 24.3 Å². The van der Waals surface area contributed by atoms with Crippen LogP contribution in [0, 0.1) is 5.92 Å². The topological polar surface area (TPSA) is 114 Å². The first-order valence-corrected chi connectivity index (χ1v) is 7.69. The number of nitrogens with two attached hydrogens (primary N) is 1. The Bertz CT molecular complexity index is 846. The Kier molecular flexibility index (Phi) is 4.38. The summed E-state index contributed by atoms with van der Waals surface area (Å²) in [6, 6.07) is 12.7. The minimum atomic E-state index is -0.799. The third-order valence-electron chi connectivity index (χ3n) is 4.06. The summed E-state index contributed by atoms with van der Waals surface area (Å²) in [5, 5.41) is 13.6. The smallest absolute Gasteiger partial charge is 0.339 e. The number of rotatable bonds is 4. The molecule has 2 amide bonds. The van der Waals surface area contributed by atoms with Crippen LogP contribution in [0.4, 0.5) is 4.79 Å². The number of aromatic hydroxyl groups is 1. The van der Waals surface area contributed by atoms with Crippen molar-refractivity contribution in [3.8, 4) is 5.75 Å². The highest BCUT2D eigenvalue weighted by Crippen LogP contribution is 2.37. The third-order valence-corrected chi connectivity index (χ3v) is 4.06. The Balaban J connectivity index is 1.99. The summed E-state index contributed by atoms with van der Waals surface area (Å²) in [4.78, 5) is 23.1. The molecule has 0 fully saturated rings. The van der Waals surface area contributed by atoms with Gasteiger partial charge in [-0.2, -0.15) is 5.10 Å². The predicted octanol–water partition coefficient (Wildman–Crippen LogP) is 2.31. The van der Waals surface area contributed by atoms with Crippen LogP contribution in [0.2, 0.25) is 0 Å². The Labute approximate surface area is 144 Å². The molecule has 0 aromatic heterocycles. The van der Waals surface area contributed by atoms with Crippen molar-refractivity contribution in [1.82, 2.24) is 5.43 Å². The van der Waals surface area contributed by atoms with Gasteiger partial charge in [0.05, 0.1) is 11.3 Å². The van der Waals surface area contributed by atoms with Crippen molar-refractivity contribution in [2.75, 3.05) is 0 Å². The summed E-state index contributed by atoms with van der Waals surface area (Å²) in [5.41, 5.74) is 9.77. The molecule has 1 heterocycles. The Morgan fingerprint density at radius 1 is 1.24 bits per heavy atom. The van der Waals surface area contributed by atoms with Gasteiger partial charge in [0.15, 0.2) is 0 Å². The summed E-state index contributed by atoms with van der Waals surface area (Å²) in [5.74, 6) is -0.638. The zero-order valence-electron chi connectivity index (χ0n) is 13.5. The number of carbonyl (C=O) groups excluding carboxylic acids is 2. The quantitative estimate of drug-likeness (QED) is 0.450. The van der Waals surface area contributed by atoms with Crippen LogP contribution in [-0.4, -0.2) is 22.8 Å². The average Bonchev–Trinajstić information content (AvgIpc) is 2.93. The number of fused-ring (bicyclic) bond motifs is 1. The molecule has 2 atom stereocenters. The van der Waals surface area contributed by atoms with Crippen LogP contribution >= 0.6 is 0 Å². The van der Waals surface area contributed by atoms with Crippen LogP contribution in [0.15, 0.2) is 53.6 Å². The Morgan fingerprint density at radius 3 is 2.60 bits per heavy atom. The fraction of sp³-hybridized carbons (Fsp3) is 0.167. The SMILES string of the molecule is C[C@@H](/C(=N/NC(N)=O)c1ccc(O)cc1)[C@@H]1OC(=O)c2ccccc21. The van der Waals surface area contributed by atoms with E-state index in [4.69, 9.17) is 10.5 Å². The first-order chi connectivity index (χ1) is 12.0. The van der Waals surface area contributed by atoms with Gasteiger partial charge >= 0.3 is 12.0 Å². The number of carbonyl (C=O) groups is 2. The van der Waals surface area contributed by atoms with E-state index in [1.807, 2.05) is 19.1 Å². The number of phenols is 1. The highest BCUT2D eigenvalue weighted by molar-refractivity contribution is 6.04. The van der Waals surface area contributed by atoms with Gasteiger partial charge in [-0.1, -0.05) is 25.1 Å². The maximum atomic E-state index is 12.1. The lowest BCUT2D eigenvalue weighted by molar-refractivity contribution is 0.0326. The molecule has 25 heavy (non-hydrogen) atoms. The van der Waals surface area contributed by atoms with Crippen LogP contribution in [0.3, 0.4) is 0 Å². The first-order valence-electron chi connectivity index (χ1n) is 7.69. The maximum Gasteiger partial charge on any atom is 0.339 e. The van der Waals surface area contributed by atoms with E-state index >= 15 is 0 Å². The van der Waals surface area contributed by atoms with Crippen molar-refractivity contribution >= 4 is 17.7 Å². The zero-order chi connectivity index (χ0) is 18.0. The number of hydrogen-bond donors (Lipinski definition) is 3. The minimum absolute atomic E-state index is 0.108. The maximum absolute atomic E-state index is 12.1. The van der Waals surface area contributed by atoms with Gasteiger partial charge in [-0.05, 0) is 35.9 Å². The van der Waals surface area contributed by atoms with Crippen molar-refractivity contribution in [1.29, 1.82) is 0 Å². The second kappa shape index (κ2) is 6.64. The molecule has 128 valence electrons. The van der Waals surface area contributed by atoms with E-state index in [0.717, 1.165) is 5.56 Å². The summed E-state index contributed by atoms with van der Waals surface area (Å²) in [6.45, 7) is 1.84. The predicted molar refractivity (Wildman–Crippen MR) is 91.1 cm³/mol. The van der Waals surface area contributed by atoms with Crippen LogP contribution in [0.25, 0.3) is 0 Å². The summed E-state index contributed by atoms with van der Waals surface area (Å²) >= 11 is 0. The Morgan fingerprint density at radius 2 is 1.92 bits per heavy atom. The van der Waals surface area contributed by atoms with Gasteiger partial charge in [0, 0.05) is 11.5 Å². The normalized spacial score (nSPS) is 17.6. The van der Waals surface area contributed by atoms with E-state index < -0.39 is 12.1 Å². The summed E-state index contributed by atoms with van der Waals surface area (Å²) in [7, 11) is 0. The number of hydrazone groups is 1. The van der Waals surface area contributed by atoms with Crippen LogP contribution in [0.1, 0.15) is 34.5 Å². The second-order valence-electron chi connectivity index (χ2n) is 5.72. The molecule has 0 saturated heterocycles. The molecular weight excluding hydrogens is 322 g/mol. The largest absolute Gasteiger partial charge is 0.508 e. The molecule has 0 radical (unpaired) electrons. The lowest BCUT2D eigenvalue weighted by Gasteiger charge is -2.21.